The number of benzene rings is 2. The Labute approximate surface area is 143 Å². The van der Waals surface area contributed by atoms with E-state index in [9.17, 15) is 9.18 Å². The first-order valence-electron chi connectivity index (χ1n) is 6.80. The van der Waals surface area contributed by atoms with Gasteiger partial charge in [0.05, 0.1) is 17.2 Å². The van der Waals surface area contributed by atoms with Gasteiger partial charge in [-0.25, -0.2) is 9.18 Å². The maximum absolute atomic E-state index is 12.9. The Hall–Kier alpha value is -2.18. The van der Waals surface area contributed by atoms with Gasteiger partial charge in [-0.1, -0.05) is 11.6 Å². The third-order valence-electron chi connectivity index (χ3n) is 2.82. The van der Waals surface area contributed by atoms with Crippen molar-refractivity contribution in [1.82, 2.24) is 0 Å². The molecule has 0 aliphatic heterocycles. The molecule has 0 aromatic heterocycles. The quantitative estimate of drug-likeness (QED) is 0.628. The highest BCUT2D eigenvalue weighted by atomic mass is 35.5. The van der Waals surface area contributed by atoms with E-state index in [0.29, 0.717) is 21.5 Å². The van der Waals surface area contributed by atoms with Crippen LogP contribution in [-0.4, -0.2) is 17.7 Å². The molecule has 0 aliphatic rings. The van der Waals surface area contributed by atoms with Crippen LogP contribution in [0.1, 0.15) is 17.3 Å². The van der Waals surface area contributed by atoms with Gasteiger partial charge in [-0.3, -0.25) is 0 Å². The van der Waals surface area contributed by atoms with Crippen LogP contribution in [-0.2, 0) is 4.74 Å². The van der Waals surface area contributed by atoms with Crippen molar-refractivity contribution in [1.29, 1.82) is 0 Å². The fourth-order valence-electron chi connectivity index (χ4n) is 1.79. The number of halogens is 2. The lowest BCUT2D eigenvalue weighted by Gasteiger charge is -2.12. The SMILES string of the molecule is CCOC(=O)c1cc(NC(=S)Nc2ccc(F)cc2)ccc1Cl. The molecular formula is C16H14ClFN2O2S. The fraction of sp³-hybridized carbons (Fsp3) is 0.125. The van der Waals surface area contributed by atoms with Gasteiger partial charge in [-0.15, -0.1) is 0 Å². The van der Waals surface area contributed by atoms with Crippen LogP contribution >= 0.6 is 23.8 Å². The second kappa shape index (κ2) is 7.89. The van der Waals surface area contributed by atoms with E-state index in [1.54, 1.807) is 37.3 Å². The van der Waals surface area contributed by atoms with Crippen LogP contribution in [0, 0.1) is 5.82 Å². The van der Waals surface area contributed by atoms with Crippen molar-refractivity contribution < 1.29 is 13.9 Å². The number of thiocarbonyl (C=S) groups is 1. The zero-order chi connectivity index (χ0) is 16.8. The zero-order valence-corrected chi connectivity index (χ0v) is 13.8. The van der Waals surface area contributed by atoms with E-state index in [1.807, 2.05) is 0 Å². The average Bonchev–Trinajstić information content (AvgIpc) is 2.51. The predicted molar refractivity (Wildman–Crippen MR) is 93.7 cm³/mol. The molecule has 0 atom stereocenters. The Morgan fingerprint density at radius 3 is 2.43 bits per heavy atom. The summed E-state index contributed by atoms with van der Waals surface area (Å²) >= 11 is 11.2. The molecular weight excluding hydrogens is 339 g/mol. The summed E-state index contributed by atoms with van der Waals surface area (Å²) < 4.78 is 17.8. The van der Waals surface area contributed by atoms with Crippen LogP contribution in [0.25, 0.3) is 0 Å². The lowest BCUT2D eigenvalue weighted by Crippen LogP contribution is -2.19. The fourth-order valence-corrected chi connectivity index (χ4v) is 2.23. The monoisotopic (exact) mass is 352 g/mol. The van der Waals surface area contributed by atoms with E-state index < -0.39 is 5.97 Å². The molecule has 2 N–H and O–H groups in total. The molecule has 23 heavy (non-hydrogen) atoms. The number of nitrogens with one attached hydrogen (secondary N) is 2. The van der Waals surface area contributed by atoms with E-state index in [1.165, 1.54) is 12.1 Å². The second-order valence-corrected chi connectivity index (χ2v) is 5.32. The molecule has 2 aromatic carbocycles. The van der Waals surface area contributed by atoms with Crippen molar-refractivity contribution in [2.24, 2.45) is 0 Å². The Bertz CT molecular complexity index is 723. The minimum absolute atomic E-state index is 0.253. The minimum atomic E-state index is -0.501. The third-order valence-corrected chi connectivity index (χ3v) is 3.36. The van der Waals surface area contributed by atoms with E-state index in [4.69, 9.17) is 28.6 Å². The number of carbonyl (C=O) groups excluding carboxylic acids is 1. The first-order valence-corrected chi connectivity index (χ1v) is 7.58. The van der Waals surface area contributed by atoms with Crippen molar-refractivity contribution in [3.8, 4) is 0 Å². The highest BCUT2D eigenvalue weighted by molar-refractivity contribution is 7.80. The predicted octanol–water partition coefficient (Wildman–Crippen LogP) is 4.46. The van der Waals surface area contributed by atoms with Crippen molar-refractivity contribution in [2.45, 2.75) is 6.92 Å². The van der Waals surface area contributed by atoms with Crippen LogP contribution in [0.4, 0.5) is 15.8 Å². The highest BCUT2D eigenvalue weighted by Gasteiger charge is 2.12. The molecule has 2 rings (SSSR count). The van der Waals surface area contributed by atoms with Gasteiger partial charge in [0.15, 0.2) is 5.11 Å². The third kappa shape index (κ3) is 4.91. The molecule has 0 bridgehead atoms. The zero-order valence-electron chi connectivity index (χ0n) is 12.2. The molecule has 0 saturated heterocycles. The van der Waals surface area contributed by atoms with E-state index >= 15 is 0 Å². The molecule has 120 valence electrons. The van der Waals surface area contributed by atoms with Crippen LogP contribution in [0.5, 0.6) is 0 Å². The van der Waals surface area contributed by atoms with Gasteiger partial charge in [0.2, 0.25) is 0 Å². The molecule has 0 spiro atoms. The summed E-state index contributed by atoms with van der Waals surface area (Å²) in [6, 6.07) is 10.6. The van der Waals surface area contributed by atoms with Crippen LogP contribution in [0.15, 0.2) is 42.5 Å². The largest absolute Gasteiger partial charge is 0.462 e. The lowest BCUT2D eigenvalue weighted by atomic mass is 10.2. The molecule has 0 saturated carbocycles. The molecule has 2 aromatic rings. The number of hydrogen-bond donors (Lipinski definition) is 2. The molecule has 0 aliphatic carbocycles. The van der Waals surface area contributed by atoms with Crippen LogP contribution < -0.4 is 10.6 Å². The van der Waals surface area contributed by atoms with Gasteiger partial charge in [-0.2, -0.15) is 0 Å². The number of rotatable bonds is 4. The Morgan fingerprint density at radius 1 is 1.17 bits per heavy atom. The summed E-state index contributed by atoms with van der Waals surface area (Å²) in [5.41, 5.74) is 1.48. The first kappa shape index (κ1) is 17.2. The summed E-state index contributed by atoms with van der Waals surface area (Å²) in [6.45, 7) is 1.98. The Morgan fingerprint density at radius 2 is 1.78 bits per heavy atom. The summed E-state index contributed by atoms with van der Waals surface area (Å²) in [7, 11) is 0. The van der Waals surface area contributed by atoms with Crippen molar-refractivity contribution in [3.63, 3.8) is 0 Å². The van der Waals surface area contributed by atoms with E-state index in [2.05, 4.69) is 10.6 Å². The van der Waals surface area contributed by atoms with Crippen LogP contribution in [0.2, 0.25) is 5.02 Å². The summed E-state index contributed by atoms with van der Waals surface area (Å²) in [5, 5.41) is 6.44. The van der Waals surface area contributed by atoms with Gasteiger partial charge in [0, 0.05) is 11.4 Å². The Balaban J connectivity index is 2.07. The summed E-state index contributed by atoms with van der Waals surface area (Å²) in [6.07, 6.45) is 0. The van der Waals surface area contributed by atoms with Gasteiger partial charge in [0.25, 0.3) is 0 Å². The molecule has 0 radical (unpaired) electrons. The smallest absolute Gasteiger partial charge is 0.339 e. The molecule has 7 heteroatoms. The van der Waals surface area contributed by atoms with Gasteiger partial charge in [-0.05, 0) is 61.6 Å². The normalized spacial score (nSPS) is 10.0. The molecule has 0 fully saturated rings. The van der Waals surface area contributed by atoms with Gasteiger partial charge >= 0.3 is 5.97 Å². The number of anilines is 2. The maximum Gasteiger partial charge on any atom is 0.339 e. The standard InChI is InChI=1S/C16H14ClFN2O2S/c1-2-22-15(21)13-9-12(7-8-14(13)17)20-16(23)19-11-5-3-10(18)4-6-11/h3-9H,2H2,1H3,(H2,19,20,23). The van der Waals surface area contributed by atoms with Crippen molar-refractivity contribution in [2.75, 3.05) is 17.2 Å². The minimum Gasteiger partial charge on any atom is -0.462 e. The second-order valence-electron chi connectivity index (χ2n) is 4.50. The molecule has 0 heterocycles. The Kier molecular flexibility index (Phi) is 5.90. The topological polar surface area (TPSA) is 50.4 Å². The first-order chi connectivity index (χ1) is 11.0. The highest BCUT2D eigenvalue weighted by Crippen LogP contribution is 2.22. The number of esters is 1. The molecule has 0 unspecified atom stereocenters. The van der Waals surface area contributed by atoms with Gasteiger partial charge < -0.3 is 15.4 Å². The van der Waals surface area contributed by atoms with Crippen molar-refractivity contribution in [3.05, 3.63) is 58.9 Å². The number of ether oxygens (including phenoxy) is 1. The number of carbonyl (C=O) groups is 1. The van der Waals surface area contributed by atoms with Crippen molar-refractivity contribution >= 4 is 46.3 Å². The van der Waals surface area contributed by atoms with E-state index in [0.717, 1.165) is 0 Å². The maximum atomic E-state index is 12.9. The van der Waals surface area contributed by atoms with E-state index in [-0.39, 0.29) is 18.0 Å². The summed E-state index contributed by atoms with van der Waals surface area (Å²) in [4.78, 5) is 11.8. The number of hydrogen-bond acceptors (Lipinski definition) is 3. The van der Waals surface area contributed by atoms with Crippen LogP contribution in [0.3, 0.4) is 0 Å². The average molecular weight is 353 g/mol. The lowest BCUT2D eigenvalue weighted by molar-refractivity contribution is 0.0526. The molecule has 0 amide bonds. The summed E-state index contributed by atoms with van der Waals surface area (Å²) in [5.74, 6) is -0.829. The molecule has 4 nitrogen and oxygen atoms in total. The van der Waals surface area contributed by atoms with Gasteiger partial charge in [0.1, 0.15) is 5.82 Å².